The van der Waals surface area contributed by atoms with Gasteiger partial charge >= 0.3 is 5.97 Å². The van der Waals surface area contributed by atoms with Crippen LogP contribution in [0.15, 0.2) is 42.5 Å². The van der Waals surface area contributed by atoms with Crippen LogP contribution in [-0.2, 0) is 4.79 Å². The fourth-order valence-electron chi connectivity index (χ4n) is 1.43. The molecule has 0 aliphatic rings. The highest BCUT2D eigenvalue weighted by molar-refractivity contribution is 5.82. The largest absolute Gasteiger partial charge is 0.481 e. The number of carbonyl (C=O) groups is 1. The van der Waals surface area contributed by atoms with Gasteiger partial charge in [-0.15, -0.1) is 0 Å². The Balaban J connectivity index is 0.000000209. The van der Waals surface area contributed by atoms with Crippen molar-refractivity contribution in [2.75, 3.05) is 6.54 Å². The number of aliphatic carboxylic acids is 1. The molecule has 0 atom stereocenters. The maximum atomic E-state index is 9.52. The van der Waals surface area contributed by atoms with E-state index in [2.05, 4.69) is 49.4 Å². The van der Waals surface area contributed by atoms with Crippen LogP contribution in [0.25, 0.3) is 10.8 Å². The van der Waals surface area contributed by atoms with Crippen LogP contribution in [0.2, 0.25) is 0 Å². The maximum absolute atomic E-state index is 9.52. The SMILES string of the molecule is Cc1ccc2ccccc2c1.NCCC(=O)O. The fourth-order valence-corrected chi connectivity index (χ4v) is 1.43. The number of carboxylic acids is 1. The molecular weight excluding hydrogens is 214 g/mol. The summed E-state index contributed by atoms with van der Waals surface area (Å²) in [5.41, 5.74) is 6.17. The highest BCUT2D eigenvalue weighted by Gasteiger charge is 1.89. The third-order valence-electron chi connectivity index (χ3n) is 2.26. The standard InChI is InChI=1S/C11H10.C3H7NO2/c1-9-6-7-10-4-2-3-5-11(10)8-9;4-2-1-3(5)6/h2-8H,1H3;1-2,4H2,(H,5,6). The van der Waals surface area contributed by atoms with E-state index in [0.717, 1.165) is 0 Å². The minimum absolute atomic E-state index is 0.0694. The number of nitrogens with two attached hydrogens (primary N) is 1. The molecule has 0 amide bonds. The second-order valence-corrected chi connectivity index (χ2v) is 3.78. The number of hydrogen-bond donors (Lipinski definition) is 2. The summed E-state index contributed by atoms with van der Waals surface area (Å²) in [6, 6.07) is 14.9. The van der Waals surface area contributed by atoms with Gasteiger partial charge in [0.25, 0.3) is 0 Å². The lowest BCUT2D eigenvalue weighted by Gasteiger charge is -1.96. The zero-order valence-electron chi connectivity index (χ0n) is 9.89. The average molecular weight is 231 g/mol. The molecule has 0 bridgehead atoms. The molecule has 3 heteroatoms. The third kappa shape index (κ3) is 4.66. The molecule has 0 fully saturated rings. The number of carboxylic acid groups (broad SMARTS) is 1. The first-order valence-electron chi connectivity index (χ1n) is 5.50. The Morgan fingerprint density at radius 1 is 1.18 bits per heavy atom. The van der Waals surface area contributed by atoms with Crippen LogP contribution < -0.4 is 5.73 Å². The lowest BCUT2D eigenvalue weighted by molar-refractivity contribution is -0.136. The molecule has 2 aromatic carbocycles. The molecule has 0 unspecified atom stereocenters. The van der Waals surface area contributed by atoms with Crippen LogP contribution in [0.5, 0.6) is 0 Å². The van der Waals surface area contributed by atoms with Crippen molar-refractivity contribution in [1.82, 2.24) is 0 Å². The van der Waals surface area contributed by atoms with Gasteiger partial charge in [-0.3, -0.25) is 4.79 Å². The van der Waals surface area contributed by atoms with E-state index in [4.69, 9.17) is 10.8 Å². The Morgan fingerprint density at radius 2 is 1.82 bits per heavy atom. The second kappa shape index (κ2) is 6.66. The zero-order chi connectivity index (χ0) is 12.7. The van der Waals surface area contributed by atoms with E-state index in [1.807, 2.05) is 0 Å². The summed E-state index contributed by atoms with van der Waals surface area (Å²) in [6.45, 7) is 2.35. The highest BCUT2D eigenvalue weighted by Crippen LogP contribution is 2.14. The Hall–Kier alpha value is -1.87. The van der Waals surface area contributed by atoms with Gasteiger partial charge in [0, 0.05) is 6.54 Å². The molecule has 2 aromatic rings. The molecule has 0 spiro atoms. The van der Waals surface area contributed by atoms with Gasteiger partial charge in [0.15, 0.2) is 0 Å². The predicted octanol–water partition coefficient (Wildman–Crippen LogP) is 2.57. The van der Waals surface area contributed by atoms with Gasteiger partial charge in [-0.25, -0.2) is 0 Å². The summed E-state index contributed by atoms with van der Waals surface area (Å²) in [7, 11) is 0. The third-order valence-corrected chi connectivity index (χ3v) is 2.26. The van der Waals surface area contributed by atoms with E-state index in [1.165, 1.54) is 16.3 Å². The molecule has 17 heavy (non-hydrogen) atoms. The fraction of sp³-hybridized carbons (Fsp3) is 0.214. The smallest absolute Gasteiger partial charge is 0.304 e. The quantitative estimate of drug-likeness (QED) is 0.835. The van der Waals surface area contributed by atoms with Crippen LogP contribution in [0.4, 0.5) is 0 Å². The first kappa shape index (κ1) is 13.2. The van der Waals surface area contributed by atoms with Crippen molar-refractivity contribution in [3.8, 4) is 0 Å². The first-order chi connectivity index (χ1) is 8.13. The number of benzene rings is 2. The van der Waals surface area contributed by atoms with Crippen molar-refractivity contribution < 1.29 is 9.90 Å². The molecule has 0 aromatic heterocycles. The molecule has 0 saturated heterocycles. The summed E-state index contributed by atoms with van der Waals surface area (Å²) >= 11 is 0. The maximum Gasteiger partial charge on any atom is 0.304 e. The number of fused-ring (bicyclic) bond motifs is 1. The van der Waals surface area contributed by atoms with Gasteiger partial charge in [-0.05, 0) is 17.7 Å². The molecule has 0 saturated carbocycles. The minimum Gasteiger partial charge on any atom is -0.481 e. The average Bonchev–Trinajstić information content (AvgIpc) is 2.29. The summed E-state index contributed by atoms with van der Waals surface area (Å²) in [6.07, 6.45) is 0.0694. The summed E-state index contributed by atoms with van der Waals surface area (Å²) < 4.78 is 0. The van der Waals surface area contributed by atoms with Gasteiger partial charge in [0.1, 0.15) is 0 Å². The van der Waals surface area contributed by atoms with E-state index < -0.39 is 5.97 Å². The Kier molecular flexibility index (Phi) is 5.17. The summed E-state index contributed by atoms with van der Waals surface area (Å²) in [4.78, 5) is 9.52. The van der Waals surface area contributed by atoms with Crippen molar-refractivity contribution in [2.45, 2.75) is 13.3 Å². The van der Waals surface area contributed by atoms with E-state index >= 15 is 0 Å². The molecule has 0 radical (unpaired) electrons. The predicted molar refractivity (Wildman–Crippen MR) is 70.0 cm³/mol. The van der Waals surface area contributed by atoms with Crippen molar-refractivity contribution in [3.05, 3.63) is 48.0 Å². The summed E-state index contributed by atoms with van der Waals surface area (Å²) in [5, 5.41) is 10.5. The lowest BCUT2D eigenvalue weighted by atomic mass is 10.1. The van der Waals surface area contributed by atoms with Crippen LogP contribution in [-0.4, -0.2) is 17.6 Å². The van der Waals surface area contributed by atoms with Crippen LogP contribution in [0, 0.1) is 6.92 Å². The lowest BCUT2D eigenvalue weighted by Crippen LogP contribution is -2.05. The van der Waals surface area contributed by atoms with E-state index in [-0.39, 0.29) is 13.0 Å². The van der Waals surface area contributed by atoms with Crippen molar-refractivity contribution in [2.24, 2.45) is 5.73 Å². The number of aryl methyl sites for hydroxylation is 1. The van der Waals surface area contributed by atoms with Gasteiger partial charge < -0.3 is 10.8 Å². The van der Waals surface area contributed by atoms with Crippen LogP contribution >= 0.6 is 0 Å². The Bertz CT molecular complexity index is 494. The van der Waals surface area contributed by atoms with Crippen LogP contribution in [0.3, 0.4) is 0 Å². The molecule has 0 aliphatic carbocycles. The van der Waals surface area contributed by atoms with E-state index in [0.29, 0.717) is 0 Å². The molecule has 90 valence electrons. The van der Waals surface area contributed by atoms with Crippen molar-refractivity contribution in [1.29, 1.82) is 0 Å². The van der Waals surface area contributed by atoms with E-state index in [9.17, 15) is 4.79 Å². The topological polar surface area (TPSA) is 63.3 Å². The number of hydrogen-bond acceptors (Lipinski definition) is 2. The van der Waals surface area contributed by atoms with Gasteiger partial charge in [-0.1, -0.05) is 48.0 Å². The van der Waals surface area contributed by atoms with Crippen LogP contribution in [0.1, 0.15) is 12.0 Å². The summed E-state index contributed by atoms with van der Waals surface area (Å²) in [5.74, 6) is -0.836. The molecular formula is C14H17NO2. The van der Waals surface area contributed by atoms with Crippen molar-refractivity contribution >= 4 is 16.7 Å². The molecule has 3 N–H and O–H groups in total. The first-order valence-corrected chi connectivity index (χ1v) is 5.50. The monoisotopic (exact) mass is 231 g/mol. The zero-order valence-corrected chi connectivity index (χ0v) is 9.89. The Labute approximate surface area is 101 Å². The second-order valence-electron chi connectivity index (χ2n) is 3.78. The molecule has 0 aliphatic heterocycles. The van der Waals surface area contributed by atoms with Crippen molar-refractivity contribution in [3.63, 3.8) is 0 Å². The van der Waals surface area contributed by atoms with Gasteiger partial charge in [0.05, 0.1) is 6.42 Å². The molecule has 0 heterocycles. The highest BCUT2D eigenvalue weighted by atomic mass is 16.4. The molecule has 3 nitrogen and oxygen atoms in total. The normalized spacial score (nSPS) is 9.53. The minimum atomic E-state index is -0.836. The van der Waals surface area contributed by atoms with Gasteiger partial charge in [-0.2, -0.15) is 0 Å². The molecule has 2 rings (SSSR count). The number of rotatable bonds is 2. The Morgan fingerprint density at radius 3 is 2.35 bits per heavy atom. The van der Waals surface area contributed by atoms with E-state index in [1.54, 1.807) is 0 Å². The van der Waals surface area contributed by atoms with Gasteiger partial charge in [0.2, 0.25) is 0 Å².